The maximum absolute atomic E-state index is 12.9. The molecule has 32 heavy (non-hydrogen) atoms. The summed E-state index contributed by atoms with van der Waals surface area (Å²) in [7, 11) is 0. The van der Waals surface area contributed by atoms with Gasteiger partial charge in [-0.3, -0.25) is 4.79 Å². The number of urea groups is 1. The summed E-state index contributed by atoms with van der Waals surface area (Å²) < 4.78 is -0.101. The smallest absolute Gasteiger partial charge is 0.319 e. The molecular weight excluding hydrogens is 442 g/mol. The number of aromatic nitrogens is 1. The van der Waals surface area contributed by atoms with E-state index in [1.807, 2.05) is 10.3 Å². The topological polar surface area (TPSA) is 82.5 Å². The minimum absolute atomic E-state index is 0.0881. The molecule has 0 saturated heterocycles. The molecule has 0 aliphatic heterocycles. The van der Waals surface area contributed by atoms with Crippen LogP contribution in [0.4, 0.5) is 4.79 Å². The number of nitrogens with zero attached hydrogens (tertiary/aromatic N) is 2. The van der Waals surface area contributed by atoms with E-state index in [0.717, 1.165) is 55.2 Å². The standard InChI is InChI=1S/C24H41N3O3S2/c1-4-5-6-7-11-16-27(22(30)25-19-13-9-8-10-14-19)17-12-15-20-18-31-23(26-20)32-24(2,3)21(28)29/h18-19H,4-17H2,1-3H3,(H,25,30)(H,28,29). The van der Waals surface area contributed by atoms with E-state index in [4.69, 9.17) is 0 Å². The number of carboxylic acids is 1. The highest BCUT2D eigenvalue weighted by atomic mass is 32.2. The number of hydrogen-bond donors (Lipinski definition) is 2. The number of carbonyl (C=O) groups is 2. The lowest BCUT2D eigenvalue weighted by Gasteiger charge is -2.28. The van der Waals surface area contributed by atoms with Crippen molar-refractivity contribution >= 4 is 35.1 Å². The first-order valence-electron chi connectivity index (χ1n) is 12.2. The number of carboxylic acid groups (broad SMARTS) is 1. The Kier molecular flexibility index (Phi) is 11.9. The molecule has 0 spiro atoms. The molecule has 8 heteroatoms. The van der Waals surface area contributed by atoms with Crippen molar-refractivity contribution in [2.75, 3.05) is 13.1 Å². The number of thiazole rings is 1. The van der Waals surface area contributed by atoms with Crippen molar-refractivity contribution in [3.63, 3.8) is 0 Å². The van der Waals surface area contributed by atoms with Crippen molar-refractivity contribution in [3.8, 4) is 0 Å². The average molecular weight is 484 g/mol. The first-order valence-corrected chi connectivity index (χ1v) is 13.9. The predicted octanol–water partition coefficient (Wildman–Crippen LogP) is 6.35. The van der Waals surface area contributed by atoms with Gasteiger partial charge >= 0.3 is 12.0 Å². The van der Waals surface area contributed by atoms with Gasteiger partial charge in [0.25, 0.3) is 0 Å². The van der Waals surface area contributed by atoms with Gasteiger partial charge in [0.2, 0.25) is 0 Å². The summed E-state index contributed by atoms with van der Waals surface area (Å²) in [5.74, 6) is -0.835. The van der Waals surface area contributed by atoms with E-state index in [0.29, 0.717) is 6.04 Å². The van der Waals surface area contributed by atoms with Crippen molar-refractivity contribution in [1.29, 1.82) is 0 Å². The van der Waals surface area contributed by atoms with Gasteiger partial charge in [0, 0.05) is 24.5 Å². The molecule has 1 heterocycles. The lowest BCUT2D eigenvalue weighted by molar-refractivity contribution is -0.138. The van der Waals surface area contributed by atoms with Gasteiger partial charge in [-0.05, 0) is 46.0 Å². The van der Waals surface area contributed by atoms with Crippen LogP contribution in [0.15, 0.2) is 9.72 Å². The van der Waals surface area contributed by atoms with Crippen molar-refractivity contribution < 1.29 is 14.7 Å². The summed E-state index contributed by atoms with van der Waals surface area (Å²) >= 11 is 2.79. The van der Waals surface area contributed by atoms with Gasteiger partial charge < -0.3 is 15.3 Å². The number of rotatable bonds is 14. The number of unbranched alkanes of at least 4 members (excludes halogenated alkanes) is 4. The van der Waals surface area contributed by atoms with E-state index in [9.17, 15) is 14.7 Å². The van der Waals surface area contributed by atoms with Crippen LogP contribution in [-0.4, -0.2) is 50.9 Å². The highest BCUT2D eigenvalue weighted by molar-refractivity contribution is 8.02. The van der Waals surface area contributed by atoms with E-state index >= 15 is 0 Å². The first-order chi connectivity index (χ1) is 15.3. The van der Waals surface area contributed by atoms with Gasteiger partial charge in [0.15, 0.2) is 4.34 Å². The Morgan fingerprint density at radius 1 is 1.16 bits per heavy atom. The second-order valence-electron chi connectivity index (χ2n) is 9.31. The summed E-state index contributed by atoms with van der Waals surface area (Å²) in [4.78, 5) is 30.9. The van der Waals surface area contributed by atoms with Crippen LogP contribution in [0, 0.1) is 0 Å². The minimum Gasteiger partial charge on any atom is -0.480 e. The molecule has 6 nitrogen and oxygen atoms in total. The zero-order valence-electron chi connectivity index (χ0n) is 20.0. The first kappa shape index (κ1) is 27.0. The van der Waals surface area contributed by atoms with Crippen LogP contribution in [0.5, 0.6) is 0 Å². The quantitative estimate of drug-likeness (QED) is 0.238. The van der Waals surface area contributed by atoms with Crippen LogP contribution in [0.2, 0.25) is 0 Å². The van der Waals surface area contributed by atoms with Crippen LogP contribution >= 0.6 is 23.1 Å². The number of aryl methyl sites for hydroxylation is 1. The van der Waals surface area contributed by atoms with E-state index < -0.39 is 10.7 Å². The van der Waals surface area contributed by atoms with Crippen molar-refractivity contribution in [2.24, 2.45) is 0 Å². The van der Waals surface area contributed by atoms with Gasteiger partial charge in [0.05, 0.1) is 5.69 Å². The number of carbonyl (C=O) groups excluding carboxylic acids is 1. The summed E-state index contributed by atoms with van der Waals surface area (Å²) in [6.45, 7) is 7.16. The van der Waals surface area contributed by atoms with Crippen molar-refractivity contribution in [2.45, 2.75) is 113 Å². The molecule has 0 unspecified atom stereocenters. The molecule has 2 rings (SSSR count). The van der Waals surface area contributed by atoms with E-state index in [1.54, 1.807) is 13.8 Å². The fourth-order valence-electron chi connectivity index (χ4n) is 3.90. The molecule has 0 aromatic carbocycles. The van der Waals surface area contributed by atoms with Gasteiger partial charge in [-0.15, -0.1) is 11.3 Å². The molecule has 0 atom stereocenters. The Morgan fingerprint density at radius 3 is 2.53 bits per heavy atom. The Morgan fingerprint density at radius 2 is 1.84 bits per heavy atom. The number of aliphatic carboxylic acids is 1. The molecular formula is C24H41N3O3S2. The highest BCUT2D eigenvalue weighted by Crippen LogP contribution is 2.34. The van der Waals surface area contributed by atoms with Crippen LogP contribution in [0.25, 0.3) is 0 Å². The maximum Gasteiger partial charge on any atom is 0.319 e. The number of hydrogen-bond acceptors (Lipinski definition) is 5. The SMILES string of the molecule is CCCCCCCN(CCCc1csc(SC(C)(C)C(=O)O)n1)C(=O)NC1CCCCC1. The summed E-state index contributed by atoms with van der Waals surface area (Å²) in [5, 5.41) is 14.6. The molecule has 2 amide bonds. The second kappa shape index (κ2) is 14.1. The van der Waals surface area contributed by atoms with Gasteiger partial charge in [-0.1, -0.05) is 63.6 Å². The zero-order valence-corrected chi connectivity index (χ0v) is 21.7. The van der Waals surface area contributed by atoms with Crippen LogP contribution in [0.1, 0.15) is 97.1 Å². The molecule has 1 aliphatic carbocycles. The van der Waals surface area contributed by atoms with Crippen LogP contribution in [0.3, 0.4) is 0 Å². The summed E-state index contributed by atoms with van der Waals surface area (Å²) in [5.41, 5.74) is 0.981. The van der Waals surface area contributed by atoms with Crippen molar-refractivity contribution in [3.05, 3.63) is 11.1 Å². The third-order valence-corrected chi connectivity index (χ3v) is 8.17. The number of thioether (sulfide) groups is 1. The average Bonchev–Trinajstić information content (AvgIpc) is 3.19. The summed E-state index contributed by atoms with van der Waals surface area (Å²) in [6, 6.07) is 0.416. The Labute approximate surface area is 201 Å². The zero-order chi connectivity index (χ0) is 23.4. The van der Waals surface area contributed by atoms with E-state index in [2.05, 4.69) is 17.2 Å². The molecule has 1 fully saturated rings. The van der Waals surface area contributed by atoms with E-state index in [-0.39, 0.29) is 6.03 Å². The molecule has 1 saturated carbocycles. The van der Waals surface area contributed by atoms with Gasteiger partial charge in [0.1, 0.15) is 4.75 Å². The fraction of sp³-hybridized carbons (Fsp3) is 0.792. The van der Waals surface area contributed by atoms with E-state index in [1.165, 1.54) is 68.0 Å². The number of amides is 2. The monoisotopic (exact) mass is 483 g/mol. The molecule has 1 aliphatic rings. The second-order valence-corrected chi connectivity index (χ2v) is 12.0. The highest BCUT2D eigenvalue weighted by Gasteiger charge is 2.29. The Bertz CT molecular complexity index is 702. The fourth-order valence-corrected chi connectivity index (χ4v) is 6.12. The van der Waals surface area contributed by atoms with Gasteiger partial charge in [-0.25, -0.2) is 9.78 Å². The van der Waals surface area contributed by atoms with Gasteiger partial charge in [-0.2, -0.15) is 0 Å². The molecule has 182 valence electrons. The molecule has 0 bridgehead atoms. The molecule has 1 aromatic rings. The van der Waals surface area contributed by atoms with Crippen LogP contribution in [-0.2, 0) is 11.2 Å². The third-order valence-electron chi connectivity index (χ3n) is 6.00. The number of nitrogens with one attached hydrogen (secondary N) is 1. The van der Waals surface area contributed by atoms with Crippen molar-refractivity contribution in [1.82, 2.24) is 15.2 Å². The maximum atomic E-state index is 12.9. The third kappa shape index (κ3) is 9.69. The molecule has 2 N–H and O–H groups in total. The largest absolute Gasteiger partial charge is 0.480 e. The lowest BCUT2D eigenvalue weighted by Crippen LogP contribution is -2.46. The molecule has 0 radical (unpaired) electrons. The lowest BCUT2D eigenvalue weighted by atomic mass is 9.96. The molecule has 1 aromatic heterocycles. The van der Waals surface area contributed by atoms with Crippen LogP contribution < -0.4 is 5.32 Å². The minimum atomic E-state index is -0.888. The summed E-state index contributed by atoms with van der Waals surface area (Å²) in [6.07, 6.45) is 13.5. The Hall–Kier alpha value is -1.28. The Balaban J connectivity index is 1.83. The predicted molar refractivity (Wildman–Crippen MR) is 134 cm³/mol. The normalized spacial score (nSPS) is 15.0.